The van der Waals surface area contributed by atoms with Crippen LogP contribution in [0.15, 0.2) is 24.5 Å². The molecule has 1 saturated carbocycles. The van der Waals surface area contributed by atoms with E-state index in [0.29, 0.717) is 44.5 Å². The first-order valence-electron chi connectivity index (χ1n) is 11.2. The molecule has 0 bridgehead atoms. The number of nitrogens with two attached hydrogens (primary N) is 1. The molecule has 3 rings (SSSR count). The second-order valence-corrected chi connectivity index (χ2v) is 8.93. The predicted molar refractivity (Wildman–Crippen MR) is 125 cm³/mol. The largest absolute Gasteiger partial charge is 0.377 e. The number of ether oxygens (including phenoxy) is 1. The number of rotatable bonds is 9. The number of primary amides is 1. The van der Waals surface area contributed by atoms with Crippen LogP contribution < -0.4 is 11.1 Å². The monoisotopic (exact) mass is 493 g/mol. The fourth-order valence-electron chi connectivity index (χ4n) is 4.09. The number of hydrogen-bond acceptors (Lipinski definition) is 5. The van der Waals surface area contributed by atoms with Crippen LogP contribution in [0.4, 0.5) is 10.1 Å². The van der Waals surface area contributed by atoms with E-state index < -0.39 is 17.6 Å². The highest BCUT2D eigenvalue weighted by Gasteiger charge is 2.34. The van der Waals surface area contributed by atoms with Crippen LogP contribution in [0.2, 0.25) is 5.02 Å². The van der Waals surface area contributed by atoms with Gasteiger partial charge in [-0.15, -0.1) is 0 Å². The van der Waals surface area contributed by atoms with Gasteiger partial charge in [-0.1, -0.05) is 11.6 Å². The Morgan fingerprint density at radius 2 is 2.00 bits per heavy atom. The summed E-state index contributed by atoms with van der Waals surface area (Å²) in [4.78, 5) is 46.0. The number of aromatic amines is 1. The first-order chi connectivity index (χ1) is 16.2. The lowest BCUT2D eigenvalue weighted by Crippen LogP contribution is -2.46. The highest BCUT2D eigenvalue weighted by molar-refractivity contribution is 6.33. The molecule has 9 nitrogen and oxygen atoms in total. The molecule has 184 valence electrons. The average molecular weight is 494 g/mol. The van der Waals surface area contributed by atoms with Gasteiger partial charge in [0.25, 0.3) is 11.8 Å². The smallest absolute Gasteiger partial charge is 0.275 e. The number of carbonyl (C=O) groups excluding carboxylic acids is 3. The minimum Gasteiger partial charge on any atom is -0.377 e. The molecule has 1 fully saturated rings. The lowest BCUT2D eigenvalue weighted by molar-refractivity contribution is -0.121. The predicted octanol–water partition coefficient (Wildman–Crippen LogP) is 3.37. The quantitative estimate of drug-likeness (QED) is 0.493. The molecule has 1 aliphatic rings. The van der Waals surface area contributed by atoms with Gasteiger partial charge in [-0.2, -0.15) is 0 Å². The molecule has 0 saturated heterocycles. The molecule has 0 spiro atoms. The van der Waals surface area contributed by atoms with Gasteiger partial charge in [0, 0.05) is 18.5 Å². The minimum atomic E-state index is -0.765. The van der Waals surface area contributed by atoms with Crippen LogP contribution in [0.5, 0.6) is 0 Å². The normalized spacial score (nSPS) is 18.0. The van der Waals surface area contributed by atoms with E-state index in [0.717, 1.165) is 6.07 Å². The number of benzene rings is 1. The summed E-state index contributed by atoms with van der Waals surface area (Å²) >= 11 is 6.01. The zero-order valence-corrected chi connectivity index (χ0v) is 19.9. The van der Waals surface area contributed by atoms with Crippen LogP contribution in [-0.2, 0) is 9.53 Å². The van der Waals surface area contributed by atoms with E-state index in [1.165, 1.54) is 18.5 Å². The highest BCUT2D eigenvalue weighted by atomic mass is 35.5. The Labute approximate surface area is 202 Å². The summed E-state index contributed by atoms with van der Waals surface area (Å²) in [6.45, 7) is 4.45. The van der Waals surface area contributed by atoms with Crippen molar-refractivity contribution < 1.29 is 23.5 Å². The van der Waals surface area contributed by atoms with E-state index in [2.05, 4.69) is 15.3 Å². The van der Waals surface area contributed by atoms with E-state index in [9.17, 15) is 18.8 Å². The van der Waals surface area contributed by atoms with Gasteiger partial charge in [0.15, 0.2) is 5.69 Å². The summed E-state index contributed by atoms with van der Waals surface area (Å²) in [5.41, 5.74) is 5.66. The van der Waals surface area contributed by atoms with Crippen LogP contribution in [0, 0.1) is 11.7 Å². The van der Waals surface area contributed by atoms with E-state index in [1.54, 1.807) is 4.90 Å². The number of hydrogen-bond donors (Lipinski definition) is 3. The molecule has 11 heteroatoms. The van der Waals surface area contributed by atoms with Crippen LogP contribution in [0.25, 0.3) is 0 Å². The number of amides is 3. The second kappa shape index (κ2) is 11.4. The number of carbonyl (C=O) groups is 3. The Morgan fingerprint density at radius 3 is 2.62 bits per heavy atom. The van der Waals surface area contributed by atoms with Crippen molar-refractivity contribution in [3.05, 3.63) is 46.8 Å². The second-order valence-electron chi connectivity index (χ2n) is 8.53. The summed E-state index contributed by atoms with van der Waals surface area (Å²) in [5.74, 6) is -2.12. The van der Waals surface area contributed by atoms with Crippen molar-refractivity contribution in [2.24, 2.45) is 11.7 Å². The van der Waals surface area contributed by atoms with E-state index >= 15 is 0 Å². The van der Waals surface area contributed by atoms with Crippen LogP contribution in [-0.4, -0.2) is 57.9 Å². The number of H-pyrrole nitrogens is 1. The standard InChI is InChI=1S/C23H29ClFN5O4/c1-13(2)34-10-9-30(23(33)20-19(21(26)31)27-12-28-20)16-6-3-14(4-7-16)22(32)29-18-8-5-15(25)11-17(18)24/h5,8,11-14,16H,3-4,6-7,9-10H2,1-2H3,(H2,26,31)(H,27,28)(H,29,32)/t14-,16-. The zero-order valence-electron chi connectivity index (χ0n) is 19.1. The van der Waals surface area contributed by atoms with Crippen LogP contribution in [0.3, 0.4) is 0 Å². The molecule has 0 atom stereocenters. The maximum Gasteiger partial charge on any atom is 0.275 e. The molecule has 1 aromatic heterocycles. The third kappa shape index (κ3) is 6.32. The Bertz CT molecular complexity index is 1040. The summed E-state index contributed by atoms with van der Waals surface area (Å²) in [6.07, 6.45) is 3.53. The lowest BCUT2D eigenvalue weighted by atomic mass is 9.84. The molecule has 2 aromatic rings. The van der Waals surface area contributed by atoms with Crippen molar-refractivity contribution in [2.45, 2.75) is 51.7 Å². The van der Waals surface area contributed by atoms with Gasteiger partial charge in [-0.25, -0.2) is 9.37 Å². The molecule has 3 amide bonds. The highest BCUT2D eigenvalue weighted by Crippen LogP contribution is 2.31. The number of imidazole rings is 1. The van der Waals surface area contributed by atoms with Gasteiger partial charge in [0.05, 0.1) is 29.7 Å². The zero-order chi connectivity index (χ0) is 24.8. The van der Waals surface area contributed by atoms with Crippen LogP contribution >= 0.6 is 11.6 Å². The summed E-state index contributed by atoms with van der Waals surface area (Å²) in [5, 5.41) is 2.89. The Hall–Kier alpha value is -2.98. The van der Waals surface area contributed by atoms with Crippen LogP contribution in [0.1, 0.15) is 60.5 Å². The van der Waals surface area contributed by atoms with Crippen molar-refractivity contribution >= 4 is 35.0 Å². The van der Waals surface area contributed by atoms with Gasteiger partial charge in [0.1, 0.15) is 11.5 Å². The Morgan fingerprint density at radius 1 is 1.29 bits per heavy atom. The van der Waals surface area contributed by atoms with E-state index in [4.69, 9.17) is 22.1 Å². The van der Waals surface area contributed by atoms with Crippen molar-refractivity contribution in [1.29, 1.82) is 0 Å². The van der Waals surface area contributed by atoms with Gasteiger partial charge in [-0.3, -0.25) is 14.4 Å². The third-order valence-corrected chi connectivity index (χ3v) is 6.14. The van der Waals surface area contributed by atoms with E-state index in [1.807, 2.05) is 13.8 Å². The van der Waals surface area contributed by atoms with Crippen molar-refractivity contribution in [3.8, 4) is 0 Å². The van der Waals surface area contributed by atoms with Gasteiger partial charge in [-0.05, 0) is 57.7 Å². The molecule has 1 heterocycles. The van der Waals surface area contributed by atoms with Crippen molar-refractivity contribution in [1.82, 2.24) is 14.9 Å². The maximum atomic E-state index is 13.3. The average Bonchev–Trinajstić information content (AvgIpc) is 3.29. The van der Waals surface area contributed by atoms with Gasteiger partial charge in [0.2, 0.25) is 5.91 Å². The minimum absolute atomic E-state index is 0.00114. The van der Waals surface area contributed by atoms with Crippen molar-refractivity contribution in [2.75, 3.05) is 18.5 Å². The molecule has 0 radical (unpaired) electrons. The topological polar surface area (TPSA) is 130 Å². The molecule has 1 aliphatic carbocycles. The Balaban J connectivity index is 1.67. The first-order valence-corrected chi connectivity index (χ1v) is 11.6. The number of anilines is 1. The molecule has 34 heavy (non-hydrogen) atoms. The lowest BCUT2D eigenvalue weighted by Gasteiger charge is -2.36. The molecular formula is C23H29ClFN5O4. The van der Waals surface area contributed by atoms with Gasteiger partial charge < -0.3 is 25.7 Å². The Kier molecular flexibility index (Phi) is 8.62. The molecular weight excluding hydrogens is 465 g/mol. The number of nitrogens with one attached hydrogen (secondary N) is 2. The fraction of sp³-hybridized carbons (Fsp3) is 0.478. The number of aromatic nitrogens is 2. The molecule has 0 unspecified atom stereocenters. The molecule has 1 aromatic carbocycles. The molecule has 0 aliphatic heterocycles. The maximum absolute atomic E-state index is 13.3. The number of halogens is 2. The first kappa shape index (κ1) is 25.6. The SMILES string of the molecule is CC(C)OCCN(C(=O)c1nc[nH]c1C(N)=O)[C@H]1CC[C@H](C(=O)Nc2ccc(F)cc2Cl)CC1. The summed E-state index contributed by atoms with van der Waals surface area (Å²) < 4.78 is 18.9. The molecule has 4 N–H and O–H groups in total. The summed E-state index contributed by atoms with van der Waals surface area (Å²) in [7, 11) is 0. The fourth-order valence-corrected chi connectivity index (χ4v) is 4.31. The third-order valence-electron chi connectivity index (χ3n) is 5.83. The summed E-state index contributed by atoms with van der Waals surface area (Å²) in [6, 6.07) is 3.65. The number of nitrogens with zero attached hydrogens (tertiary/aromatic N) is 2. The van der Waals surface area contributed by atoms with Crippen molar-refractivity contribution in [3.63, 3.8) is 0 Å². The van der Waals surface area contributed by atoms with Gasteiger partial charge >= 0.3 is 0 Å². The van der Waals surface area contributed by atoms with E-state index in [-0.39, 0.29) is 40.4 Å².